The van der Waals surface area contributed by atoms with Gasteiger partial charge in [0.1, 0.15) is 0 Å². The van der Waals surface area contributed by atoms with Crippen molar-refractivity contribution in [1.29, 1.82) is 0 Å². The fraction of sp³-hybridized carbons (Fsp3) is 0.733. The van der Waals surface area contributed by atoms with Gasteiger partial charge in [0, 0.05) is 19.2 Å². The maximum atomic E-state index is 12.2. The SMILES string of the molecule is CCCn1cc(C(=O)CC(C)C2CCCNC2)cn1. The molecule has 1 aliphatic heterocycles. The molecular formula is C15H25N3O. The van der Waals surface area contributed by atoms with Crippen LogP contribution in [0.15, 0.2) is 12.4 Å². The van der Waals surface area contributed by atoms with Gasteiger partial charge in [0.25, 0.3) is 0 Å². The molecule has 2 heterocycles. The molecule has 1 N–H and O–H groups in total. The summed E-state index contributed by atoms with van der Waals surface area (Å²) in [6.45, 7) is 7.38. The monoisotopic (exact) mass is 263 g/mol. The number of piperidine rings is 1. The molecule has 1 aliphatic rings. The number of Topliss-reactive ketones (excluding diaryl/α,β-unsaturated/α-hetero) is 1. The number of carbonyl (C=O) groups is 1. The third-order valence-electron chi connectivity index (χ3n) is 4.06. The summed E-state index contributed by atoms with van der Waals surface area (Å²) in [6.07, 6.45) is 7.76. The van der Waals surface area contributed by atoms with E-state index in [2.05, 4.69) is 24.3 Å². The summed E-state index contributed by atoms with van der Waals surface area (Å²) in [5.41, 5.74) is 0.768. The van der Waals surface area contributed by atoms with Gasteiger partial charge in [-0.1, -0.05) is 13.8 Å². The standard InChI is InChI=1S/C15H25N3O/c1-3-7-18-11-14(10-17-18)15(19)8-12(2)13-5-4-6-16-9-13/h10-13,16H,3-9H2,1-2H3. The Morgan fingerprint density at radius 3 is 3.16 bits per heavy atom. The number of nitrogens with zero attached hydrogens (tertiary/aromatic N) is 2. The Balaban J connectivity index is 1.88. The number of hydrogen-bond acceptors (Lipinski definition) is 3. The van der Waals surface area contributed by atoms with Crippen LogP contribution in [0.2, 0.25) is 0 Å². The molecule has 0 bridgehead atoms. The summed E-state index contributed by atoms with van der Waals surface area (Å²) >= 11 is 0. The van der Waals surface area contributed by atoms with Crippen LogP contribution in [0.25, 0.3) is 0 Å². The highest BCUT2D eigenvalue weighted by atomic mass is 16.1. The number of aromatic nitrogens is 2. The Bertz CT molecular complexity index is 407. The van der Waals surface area contributed by atoms with Gasteiger partial charge in [0.15, 0.2) is 5.78 Å². The van der Waals surface area contributed by atoms with E-state index in [-0.39, 0.29) is 5.78 Å². The largest absolute Gasteiger partial charge is 0.316 e. The van der Waals surface area contributed by atoms with Crippen LogP contribution >= 0.6 is 0 Å². The third kappa shape index (κ3) is 3.90. The first-order valence-electron chi connectivity index (χ1n) is 7.47. The highest BCUT2D eigenvalue weighted by Gasteiger charge is 2.22. The molecule has 2 rings (SSSR count). The average Bonchev–Trinajstić information content (AvgIpc) is 2.89. The summed E-state index contributed by atoms with van der Waals surface area (Å²) in [7, 11) is 0. The lowest BCUT2D eigenvalue weighted by molar-refractivity contribution is 0.0943. The van der Waals surface area contributed by atoms with Crippen molar-refractivity contribution < 1.29 is 4.79 Å². The number of aryl methyl sites for hydroxylation is 1. The molecule has 1 aromatic heterocycles. The van der Waals surface area contributed by atoms with Crippen molar-refractivity contribution in [2.24, 2.45) is 11.8 Å². The maximum absolute atomic E-state index is 12.2. The zero-order chi connectivity index (χ0) is 13.7. The second-order valence-electron chi connectivity index (χ2n) is 5.70. The fourth-order valence-electron chi connectivity index (χ4n) is 2.80. The van der Waals surface area contributed by atoms with Crippen molar-refractivity contribution in [2.75, 3.05) is 13.1 Å². The molecule has 19 heavy (non-hydrogen) atoms. The van der Waals surface area contributed by atoms with Gasteiger partial charge in [-0.3, -0.25) is 9.48 Å². The molecule has 2 unspecified atom stereocenters. The minimum Gasteiger partial charge on any atom is -0.316 e. The van der Waals surface area contributed by atoms with E-state index in [1.807, 2.05) is 10.9 Å². The molecule has 1 aromatic rings. The molecule has 0 saturated carbocycles. The number of nitrogens with one attached hydrogen (secondary N) is 1. The maximum Gasteiger partial charge on any atom is 0.166 e. The average molecular weight is 263 g/mol. The first kappa shape index (κ1) is 14.3. The van der Waals surface area contributed by atoms with Gasteiger partial charge in [-0.15, -0.1) is 0 Å². The van der Waals surface area contributed by atoms with Gasteiger partial charge in [-0.25, -0.2) is 0 Å². The minimum atomic E-state index is 0.237. The van der Waals surface area contributed by atoms with Gasteiger partial charge in [-0.2, -0.15) is 5.10 Å². The zero-order valence-corrected chi connectivity index (χ0v) is 12.1. The van der Waals surface area contributed by atoms with Crippen LogP contribution in [0.5, 0.6) is 0 Å². The lowest BCUT2D eigenvalue weighted by atomic mass is 9.84. The predicted molar refractivity (Wildman–Crippen MR) is 76.2 cm³/mol. The Morgan fingerprint density at radius 1 is 1.63 bits per heavy atom. The summed E-state index contributed by atoms with van der Waals surface area (Å²) in [5, 5.41) is 7.65. The van der Waals surface area contributed by atoms with Gasteiger partial charge < -0.3 is 5.32 Å². The molecular weight excluding hydrogens is 238 g/mol. The van der Waals surface area contributed by atoms with Crippen LogP contribution in [0.4, 0.5) is 0 Å². The molecule has 4 nitrogen and oxygen atoms in total. The molecule has 0 aliphatic carbocycles. The molecule has 0 radical (unpaired) electrons. The third-order valence-corrected chi connectivity index (χ3v) is 4.06. The molecule has 1 fully saturated rings. The Hall–Kier alpha value is -1.16. The van der Waals surface area contributed by atoms with Crippen LogP contribution in [0.1, 0.15) is 49.9 Å². The molecule has 0 spiro atoms. The summed E-state index contributed by atoms with van der Waals surface area (Å²) < 4.78 is 1.86. The smallest absolute Gasteiger partial charge is 0.166 e. The Labute approximate surface area is 115 Å². The van der Waals surface area contributed by atoms with Gasteiger partial charge in [0.2, 0.25) is 0 Å². The summed E-state index contributed by atoms with van der Waals surface area (Å²) in [6, 6.07) is 0. The highest BCUT2D eigenvalue weighted by Crippen LogP contribution is 2.23. The number of carbonyl (C=O) groups excluding carboxylic acids is 1. The predicted octanol–water partition coefficient (Wildman–Crippen LogP) is 2.50. The highest BCUT2D eigenvalue weighted by molar-refractivity contribution is 5.95. The molecule has 4 heteroatoms. The summed E-state index contributed by atoms with van der Waals surface area (Å²) in [4.78, 5) is 12.2. The van der Waals surface area contributed by atoms with E-state index in [9.17, 15) is 4.79 Å². The fourth-order valence-corrected chi connectivity index (χ4v) is 2.80. The van der Waals surface area contributed by atoms with Gasteiger partial charge in [-0.05, 0) is 44.2 Å². The van der Waals surface area contributed by atoms with Crippen molar-refractivity contribution in [3.63, 3.8) is 0 Å². The van der Waals surface area contributed by atoms with Crippen LogP contribution in [0.3, 0.4) is 0 Å². The van der Waals surface area contributed by atoms with Crippen LogP contribution in [-0.4, -0.2) is 28.7 Å². The second kappa shape index (κ2) is 6.85. The molecule has 0 aromatic carbocycles. The normalized spacial score (nSPS) is 21.3. The lowest BCUT2D eigenvalue weighted by Gasteiger charge is -2.27. The van der Waals surface area contributed by atoms with E-state index in [0.29, 0.717) is 18.3 Å². The molecule has 1 saturated heterocycles. The first-order valence-corrected chi connectivity index (χ1v) is 7.47. The molecule has 106 valence electrons. The number of ketones is 1. The van der Waals surface area contributed by atoms with Crippen LogP contribution in [-0.2, 0) is 6.54 Å². The quantitative estimate of drug-likeness (QED) is 0.802. The van der Waals surface area contributed by atoms with E-state index in [1.165, 1.54) is 12.8 Å². The van der Waals surface area contributed by atoms with Crippen molar-refractivity contribution in [2.45, 2.75) is 46.1 Å². The Morgan fingerprint density at radius 2 is 2.47 bits per heavy atom. The van der Waals surface area contributed by atoms with Gasteiger partial charge >= 0.3 is 0 Å². The van der Waals surface area contributed by atoms with E-state index in [4.69, 9.17) is 0 Å². The lowest BCUT2D eigenvalue weighted by Crippen LogP contribution is -2.33. The number of rotatable bonds is 6. The topological polar surface area (TPSA) is 46.9 Å². The van der Waals surface area contributed by atoms with E-state index in [0.717, 1.165) is 31.6 Å². The first-order chi connectivity index (χ1) is 9.20. The van der Waals surface area contributed by atoms with Crippen LogP contribution in [0, 0.1) is 11.8 Å². The van der Waals surface area contributed by atoms with Crippen molar-refractivity contribution in [3.05, 3.63) is 18.0 Å². The summed E-state index contributed by atoms with van der Waals surface area (Å²) in [5.74, 6) is 1.33. The van der Waals surface area contributed by atoms with Crippen LogP contribution < -0.4 is 5.32 Å². The molecule has 0 amide bonds. The Kier molecular flexibility index (Phi) is 5.14. The van der Waals surface area contributed by atoms with E-state index < -0.39 is 0 Å². The van der Waals surface area contributed by atoms with Gasteiger partial charge in [0.05, 0.1) is 11.8 Å². The zero-order valence-electron chi connectivity index (χ0n) is 12.1. The number of hydrogen-bond donors (Lipinski definition) is 1. The second-order valence-corrected chi connectivity index (χ2v) is 5.70. The van der Waals surface area contributed by atoms with Crippen molar-refractivity contribution in [3.8, 4) is 0 Å². The van der Waals surface area contributed by atoms with E-state index in [1.54, 1.807) is 6.20 Å². The molecule has 2 atom stereocenters. The van der Waals surface area contributed by atoms with E-state index >= 15 is 0 Å². The van der Waals surface area contributed by atoms with Crippen molar-refractivity contribution >= 4 is 5.78 Å². The minimum absolute atomic E-state index is 0.237. The van der Waals surface area contributed by atoms with Crippen molar-refractivity contribution in [1.82, 2.24) is 15.1 Å².